The summed E-state index contributed by atoms with van der Waals surface area (Å²) in [4.78, 5) is 5.80. The van der Waals surface area contributed by atoms with Crippen LogP contribution in [0.2, 0.25) is 0 Å². The topological polar surface area (TPSA) is 46.1 Å². The number of hydrogen-bond acceptors (Lipinski definition) is 3. The highest BCUT2D eigenvalue weighted by molar-refractivity contribution is 5.85. The number of aromatic amines is 1. The third-order valence-corrected chi connectivity index (χ3v) is 5.60. The van der Waals surface area contributed by atoms with Gasteiger partial charge in [-0.1, -0.05) is 6.07 Å². The van der Waals surface area contributed by atoms with Gasteiger partial charge in [-0.2, -0.15) is 5.10 Å². The summed E-state index contributed by atoms with van der Waals surface area (Å²) in [6.45, 7) is 4.32. The lowest BCUT2D eigenvalue weighted by Gasteiger charge is -2.32. The second-order valence-corrected chi connectivity index (χ2v) is 7.23. The predicted octanol–water partition coefficient (Wildman–Crippen LogP) is 3.35. The van der Waals surface area contributed by atoms with E-state index in [4.69, 9.17) is 4.74 Å². The molecule has 2 aliphatic rings. The molecule has 0 unspecified atom stereocenters. The molecule has 5 rings (SSSR count). The van der Waals surface area contributed by atoms with Crippen molar-refractivity contribution in [3.63, 3.8) is 0 Å². The molecule has 0 aliphatic carbocycles. The van der Waals surface area contributed by atoms with Gasteiger partial charge in [0.25, 0.3) is 0 Å². The van der Waals surface area contributed by atoms with Crippen LogP contribution in [0.5, 0.6) is 5.75 Å². The zero-order valence-corrected chi connectivity index (χ0v) is 14.4. The minimum Gasteiger partial charge on any atom is -0.490 e. The SMILES string of the molecule is c1cc(OC2CCN(Cc3cnn4c3CCC4)CC2)c2cc[nH]c2c1. The number of aryl methyl sites for hydroxylation is 1. The van der Waals surface area contributed by atoms with Gasteiger partial charge < -0.3 is 9.72 Å². The number of likely N-dealkylation sites (tertiary alicyclic amines) is 1. The molecule has 5 heteroatoms. The van der Waals surface area contributed by atoms with Crippen molar-refractivity contribution in [3.05, 3.63) is 47.9 Å². The molecule has 0 atom stereocenters. The minimum absolute atomic E-state index is 0.314. The van der Waals surface area contributed by atoms with Crippen molar-refractivity contribution in [3.8, 4) is 5.75 Å². The van der Waals surface area contributed by atoms with Crippen LogP contribution in [-0.2, 0) is 19.5 Å². The summed E-state index contributed by atoms with van der Waals surface area (Å²) in [6.07, 6.45) is 8.98. The Bertz CT molecular complexity index is 873. The molecule has 5 nitrogen and oxygen atoms in total. The molecule has 0 radical (unpaired) electrons. The van der Waals surface area contributed by atoms with Gasteiger partial charge in [-0.3, -0.25) is 9.58 Å². The Hall–Kier alpha value is -2.27. The Morgan fingerprint density at radius 3 is 3.00 bits per heavy atom. The van der Waals surface area contributed by atoms with Gasteiger partial charge in [0, 0.05) is 54.5 Å². The van der Waals surface area contributed by atoms with Crippen LogP contribution in [0.4, 0.5) is 0 Å². The maximum Gasteiger partial charge on any atom is 0.129 e. The van der Waals surface area contributed by atoms with E-state index in [9.17, 15) is 0 Å². The summed E-state index contributed by atoms with van der Waals surface area (Å²) in [5.41, 5.74) is 4.02. The first-order chi connectivity index (χ1) is 12.4. The number of fused-ring (bicyclic) bond motifs is 2. The van der Waals surface area contributed by atoms with Crippen LogP contribution in [0.15, 0.2) is 36.7 Å². The van der Waals surface area contributed by atoms with Crippen molar-refractivity contribution in [2.45, 2.75) is 44.9 Å². The Balaban J connectivity index is 1.21. The van der Waals surface area contributed by atoms with Crippen LogP contribution in [0, 0.1) is 0 Å². The molecule has 2 aromatic heterocycles. The van der Waals surface area contributed by atoms with E-state index in [2.05, 4.69) is 50.1 Å². The molecule has 1 aromatic carbocycles. The van der Waals surface area contributed by atoms with E-state index in [1.807, 2.05) is 6.20 Å². The average molecular weight is 336 g/mol. The van der Waals surface area contributed by atoms with Gasteiger partial charge >= 0.3 is 0 Å². The van der Waals surface area contributed by atoms with E-state index in [-0.39, 0.29) is 0 Å². The summed E-state index contributed by atoms with van der Waals surface area (Å²) < 4.78 is 8.50. The standard InChI is InChI=1S/C20H24N4O/c1-3-18-17(6-9-21-18)20(5-1)25-16-7-11-23(12-8-16)14-15-13-22-24-10-2-4-19(15)24/h1,3,5-6,9,13,16,21H,2,4,7-8,10-12,14H2. The number of H-pyrrole nitrogens is 1. The lowest BCUT2D eigenvalue weighted by Crippen LogP contribution is -2.37. The number of nitrogens with one attached hydrogen (secondary N) is 1. The highest BCUT2D eigenvalue weighted by Gasteiger charge is 2.23. The Morgan fingerprint density at radius 1 is 1.16 bits per heavy atom. The number of rotatable bonds is 4. The van der Waals surface area contributed by atoms with Crippen molar-refractivity contribution >= 4 is 10.9 Å². The number of aromatic nitrogens is 3. The van der Waals surface area contributed by atoms with E-state index >= 15 is 0 Å². The first kappa shape index (κ1) is 15.0. The van der Waals surface area contributed by atoms with E-state index < -0.39 is 0 Å². The third-order valence-electron chi connectivity index (χ3n) is 5.60. The molecule has 3 aromatic rings. The van der Waals surface area contributed by atoms with Crippen LogP contribution in [0.25, 0.3) is 10.9 Å². The molecule has 0 amide bonds. The first-order valence-corrected chi connectivity index (χ1v) is 9.35. The number of benzene rings is 1. The van der Waals surface area contributed by atoms with E-state index in [0.29, 0.717) is 6.10 Å². The summed E-state index contributed by atoms with van der Waals surface area (Å²) in [6, 6.07) is 8.33. The molecule has 1 fully saturated rings. The summed E-state index contributed by atoms with van der Waals surface area (Å²) >= 11 is 0. The Morgan fingerprint density at radius 2 is 2.08 bits per heavy atom. The molecule has 1 N–H and O–H groups in total. The minimum atomic E-state index is 0.314. The predicted molar refractivity (Wildman–Crippen MR) is 97.8 cm³/mol. The normalized spacial score (nSPS) is 18.7. The molecule has 4 heterocycles. The Kier molecular flexibility index (Phi) is 3.74. The second kappa shape index (κ2) is 6.23. The molecular weight excluding hydrogens is 312 g/mol. The number of nitrogens with zero attached hydrogens (tertiary/aromatic N) is 3. The van der Waals surface area contributed by atoms with Crippen LogP contribution in [0.3, 0.4) is 0 Å². The largest absolute Gasteiger partial charge is 0.490 e. The number of ether oxygens (including phenoxy) is 1. The maximum absolute atomic E-state index is 6.32. The molecule has 130 valence electrons. The third kappa shape index (κ3) is 2.82. The molecule has 0 spiro atoms. The van der Waals surface area contributed by atoms with Gasteiger partial charge in [-0.15, -0.1) is 0 Å². The van der Waals surface area contributed by atoms with Crippen LogP contribution < -0.4 is 4.74 Å². The highest BCUT2D eigenvalue weighted by Crippen LogP contribution is 2.28. The monoisotopic (exact) mass is 336 g/mol. The Labute approximate surface area is 147 Å². The van der Waals surface area contributed by atoms with Gasteiger partial charge in [-0.25, -0.2) is 0 Å². The lowest BCUT2D eigenvalue weighted by molar-refractivity contribution is 0.0978. The molecule has 0 bridgehead atoms. The van der Waals surface area contributed by atoms with E-state index in [1.54, 1.807) is 0 Å². The molecule has 2 aliphatic heterocycles. The second-order valence-electron chi connectivity index (χ2n) is 7.23. The lowest BCUT2D eigenvalue weighted by atomic mass is 10.1. The fourth-order valence-electron chi connectivity index (χ4n) is 4.23. The molecular formula is C20H24N4O. The van der Waals surface area contributed by atoms with Gasteiger partial charge in [0.05, 0.1) is 6.20 Å². The zero-order valence-electron chi connectivity index (χ0n) is 14.4. The molecule has 25 heavy (non-hydrogen) atoms. The van der Waals surface area contributed by atoms with Crippen molar-refractivity contribution in [1.82, 2.24) is 19.7 Å². The number of hydrogen-bond donors (Lipinski definition) is 1. The fourth-order valence-corrected chi connectivity index (χ4v) is 4.23. The van der Waals surface area contributed by atoms with Gasteiger partial charge in [0.1, 0.15) is 11.9 Å². The highest BCUT2D eigenvalue weighted by atomic mass is 16.5. The van der Waals surface area contributed by atoms with Crippen LogP contribution in [0.1, 0.15) is 30.5 Å². The number of piperidine rings is 1. The van der Waals surface area contributed by atoms with E-state index in [0.717, 1.165) is 50.3 Å². The van der Waals surface area contributed by atoms with Crippen molar-refractivity contribution in [1.29, 1.82) is 0 Å². The van der Waals surface area contributed by atoms with Gasteiger partial charge in [0.15, 0.2) is 0 Å². The fraction of sp³-hybridized carbons (Fsp3) is 0.450. The van der Waals surface area contributed by atoms with Crippen LogP contribution in [-0.4, -0.2) is 38.9 Å². The van der Waals surface area contributed by atoms with Crippen LogP contribution >= 0.6 is 0 Å². The average Bonchev–Trinajstić information content (AvgIpc) is 3.35. The summed E-state index contributed by atoms with van der Waals surface area (Å²) in [7, 11) is 0. The zero-order chi connectivity index (χ0) is 16.6. The first-order valence-electron chi connectivity index (χ1n) is 9.35. The smallest absolute Gasteiger partial charge is 0.129 e. The van der Waals surface area contributed by atoms with Crippen molar-refractivity contribution in [2.24, 2.45) is 0 Å². The molecule has 0 saturated carbocycles. The molecule has 1 saturated heterocycles. The van der Waals surface area contributed by atoms with Gasteiger partial charge in [-0.05, 0) is 43.9 Å². The van der Waals surface area contributed by atoms with Crippen molar-refractivity contribution in [2.75, 3.05) is 13.1 Å². The maximum atomic E-state index is 6.32. The summed E-state index contributed by atoms with van der Waals surface area (Å²) in [5.74, 6) is 1.01. The van der Waals surface area contributed by atoms with Gasteiger partial charge in [0.2, 0.25) is 0 Å². The van der Waals surface area contributed by atoms with E-state index in [1.165, 1.54) is 29.5 Å². The quantitative estimate of drug-likeness (QED) is 0.795. The van der Waals surface area contributed by atoms with Crippen molar-refractivity contribution < 1.29 is 4.74 Å². The summed E-state index contributed by atoms with van der Waals surface area (Å²) in [5, 5.41) is 5.70.